The van der Waals surface area contributed by atoms with Gasteiger partial charge in [0.15, 0.2) is 40.1 Å². The van der Waals surface area contributed by atoms with Crippen molar-refractivity contribution in [2.24, 2.45) is 15.9 Å². The minimum atomic E-state index is -2.23. The zero-order chi connectivity index (χ0) is 93.2. The molecule has 7 atom stereocenters. The Labute approximate surface area is 732 Å². The molecule has 21 N–H and O–H groups in total. The average molecular weight is 1810 g/mol. The Balaban J connectivity index is 0.931. The number of rotatable bonds is 53. The van der Waals surface area contributed by atoms with Crippen molar-refractivity contribution in [3.8, 4) is 23.0 Å². The Bertz CT molecular complexity index is 5050. The first-order chi connectivity index (χ1) is 60.4. The van der Waals surface area contributed by atoms with Gasteiger partial charge in [0, 0.05) is 67.6 Å². The standard InChI is InChI=1S/C79H100N20O26S2/c1-40(13-11-22-88-122-7)35-87-67(108)46-28-55(120-5)58(124-24-10-8-9-23-123-57-30-50-47(29-56(57)121-6)73(114)99-39-41(2)27-45(99)38-85-50)31-51(46)95-78(119)125-25-26-126-127-79(3,4)64(75(117)118)96-71(112)54(34-62(105)106)94-70(111)53(33-61(103)104)93-68(109)48(14-12-21-83-76(80)81)91-69(110)52(32-60(101)102)90-59(100)20-19-49(74(115)116)92-66(107)42-15-17-43(18-16-42)84-36-44-37-86-65-63(89-44)72(113)98-77(82)97-65/h15-18,22,28-31,37-38,45,48-49,52-54,64,84H,1-2,8-14,19-21,23-27,32-36,39H2,3-7H3,(H,87,108)(H,90,100)(H,91,110)(H,92,107)(H,93,109)(H,94,111)(H,95,119)(H,96,112)(H,101,102)(H,103,104)(H,105,106)(H,115,116)(H,117,118)(H4,80,81,83)(H3,82,86,97,98,113)/b88-22+/t45-,48-,49-,52-,53-,54-,64+/m0/s1. The number of nitrogen functional groups attached to an aromatic ring is 1. The highest BCUT2D eigenvalue weighted by Gasteiger charge is 2.42. The number of methoxy groups -OCH3 is 2. The second-order valence-electron chi connectivity index (χ2n) is 28.9. The minimum absolute atomic E-state index is 0.0230. The van der Waals surface area contributed by atoms with Crippen molar-refractivity contribution in [1.29, 1.82) is 5.41 Å². The number of aromatic amines is 1. The van der Waals surface area contributed by atoms with Gasteiger partial charge in [0.05, 0.1) is 98.4 Å². The average Bonchev–Trinajstić information content (AvgIpc) is 1.56. The van der Waals surface area contributed by atoms with Gasteiger partial charge < -0.3 is 118 Å². The molecule has 0 aliphatic carbocycles. The Morgan fingerprint density at radius 2 is 1.33 bits per heavy atom. The van der Waals surface area contributed by atoms with E-state index in [0.29, 0.717) is 84.8 Å². The van der Waals surface area contributed by atoms with Gasteiger partial charge in [0.25, 0.3) is 23.3 Å². The smallest absolute Gasteiger partial charge is 0.411 e. The van der Waals surface area contributed by atoms with Gasteiger partial charge in [-0.05, 0) is 108 Å². The number of aliphatic carboxylic acids is 5. The van der Waals surface area contributed by atoms with Crippen LogP contribution in [-0.4, -0.2) is 266 Å². The maximum absolute atomic E-state index is 14.2. The topological polar surface area (TPSA) is 691 Å². The summed E-state index contributed by atoms with van der Waals surface area (Å²) in [5.41, 5.74) is 13.3. The number of amides is 9. The predicted molar refractivity (Wildman–Crippen MR) is 460 cm³/mol. The van der Waals surface area contributed by atoms with E-state index in [1.165, 1.54) is 84.0 Å². The second-order valence-corrected chi connectivity index (χ2v) is 32.0. The van der Waals surface area contributed by atoms with Crippen LogP contribution in [0, 0.1) is 5.41 Å². The van der Waals surface area contributed by atoms with Gasteiger partial charge in [0.1, 0.15) is 50.0 Å². The molecular weight excluding hydrogens is 1710 g/mol. The van der Waals surface area contributed by atoms with Crippen molar-refractivity contribution in [2.45, 2.75) is 151 Å². The SMILES string of the molecule is C=C(CC/C=N/OC)CNC(=O)c1cc(OC)c(OCCCCCOc2cc3c(cc2OC)C(=O)N2CC(=C)C[C@H]2C=N3)cc1NC(=O)OCCSSC(C)(C)[C@H](NC(=O)[C@H](CC(=O)O)NC(=O)[C@H](CC(=O)O)NC(=O)[C@H](CCCNC(=N)N)NC(=O)[C@H](CC(=O)O)NC(=O)CC[C@H](NC(=O)c1ccc(NCc2cnc3nc(N)[nH]c(=O)c3n2)cc1)C(=O)O)C(=O)O. The number of carboxylic acids is 5. The van der Waals surface area contributed by atoms with Gasteiger partial charge in [0.2, 0.25) is 35.5 Å². The fourth-order valence-electron chi connectivity index (χ4n) is 12.4. The highest BCUT2D eigenvalue weighted by molar-refractivity contribution is 8.77. The summed E-state index contributed by atoms with van der Waals surface area (Å²) in [4.78, 5) is 224. The number of hydrogen-bond donors (Lipinski definition) is 19. The van der Waals surface area contributed by atoms with E-state index in [4.69, 9.17) is 45.4 Å². The van der Waals surface area contributed by atoms with Crippen LogP contribution < -0.4 is 89.1 Å². The molecule has 7 rings (SSSR count). The molecule has 1 saturated heterocycles. The van der Waals surface area contributed by atoms with Crippen LogP contribution in [0.3, 0.4) is 0 Å². The molecule has 4 heterocycles. The number of unbranched alkanes of at least 4 members (excludes halogenated alkanes) is 2. The van der Waals surface area contributed by atoms with Gasteiger partial charge in [-0.2, -0.15) is 4.98 Å². The number of nitrogens with zero attached hydrogens (tertiary/aromatic N) is 6. The Hall–Kier alpha value is -14.4. The third-order valence-corrected chi connectivity index (χ3v) is 22.0. The molecule has 0 saturated carbocycles. The van der Waals surface area contributed by atoms with Crippen molar-refractivity contribution < 1.29 is 121 Å². The molecule has 684 valence electrons. The number of benzene rings is 3. The van der Waals surface area contributed by atoms with Crippen molar-refractivity contribution in [3.63, 3.8) is 0 Å². The highest BCUT2D eigenvalue weighted by atomic mass is 33.1. The summed E-state index contributed by atoms with van der Waals surface area (Å²) in [7, 11) is 6.04. The van der Waals surface area contributed by atoms with Gasteiger partial charge in [-0.3, -0.25) is 78.2 Å². The molecule has 0 radical (unpaired) electrons. The van der Waals surface area contributed by atoms with Gasteiger partial charge in [-0.1, -0.05) is 51.0 Å². The number of aliphatic imine (C=N–C) groups is 1. The molecule has 127 heavy (non-hydrogen) atoms. The first-order valence-electron chi connectivity index (χ1n) is 39.2. The Morgan fingerprint density at radius 1 is 0.717 bits per heavy atom. The number of fused-ring (bicyclic) bond motifs is 3. The molecule has 48 heteroatoms. The summed E-state index contributed by atoms with van der Waals surface area (Å²) < 4.78 is 27.4. The van der Waals surface area contributed by atoms with Crippen molar-refractivity contribution >= 4 is 157 Å². The number of ether oxygens (including phenoxy) is 5. The summed E-state index contributed by atoms with van der Waals surface area (Å²) in [6, 6.07) is -0.554. The number of hydrogen-bond acceptors (Lipinski definition) is 31. The van der Waals surface area contributed by atoms with Crippen LogP contribution in [-0.2, 0) is 64.1 Å². The van der Waals surface area contributed by atoms with Crippen molar-refractivity contribution in [3.05, 3.63) is 112 Å². The fraction of sp³-hybridized carbons (Fsp3) is 0.430. The first kappa shape index (κ1) is 99.8. The van der Waals surface area contributed by atoms with E-state index in [1.54, 1.807) is 23.2 Å². The molecule has 5 aromatic rings. The van der Waals surface area contributed by atoms with Gasteiger partial charge >= 0.3 is 35.9 Å². The summed E-state index contributed by atoms with van der Waals surface area (Å²) >= 11 is 0. The molecular formula is C79H100N20O26S2. The third-order valence-electron chi connectivity index (χ3n) is 18.8. The van der Waals surface area contributed by atoms with E-state index < -0.39 is 168 Å². The zero-order valence-electron chi connectivity index (χ0n) is 69.6. The number of nitrogens with two attached hydrogens (primary N) is 2. The lowest BCUT2D eigenvalue weighted by atomic mass is 10.0. The number of guanidine groups is 1. The normalized spacial score (nSPS) is 14.1. The van der Waals surface area contributed by atoms with Crippen LogP contribution in [0.25, 0.3) is 11.2 Å². The fourth-order valence-corrected chi connectivity index (χ4v) is 14.8. The molecule has 2 aliphatic heterocycles. The first-order valence-corrected chi connectivity index (χ1v) is 41.5. The zero-order valence-corrected chi connectivity index (χ0v) is 71.3. The maximum atomic E-state index is 14.2. The monoisotopic (exact) mass is 1810 g/mol. The predicted octanol–water partition coefficient (Wildman–Crippen LogP) is 2.31. The van der Waals surface area contributed by atoms with E-state index in [2.05, 4.69) is 91.1 Å². The van der Waals surface area contributed by atoms with Crippen LogP contribution in [0.15, 0.2) is 94.0 Å². The van der Waals surface area contributed by atoms with E-state index in [0.717, 1.165) is 27.2 Å². The Kier molecular flexibility index (Phi) is 38.2. The number of oxime groups is 1. The van der Waals surface area contributed by atoms with Crippen LogP contribution in [0.1, 0.15) is 134 Å². The van der Waals surface area contributed by atoms with E-state index in [1.807, 2.05) is 5.32 Å². The van der Waals surface area contributed by atoms with E-state index in [-0.39, 0.29) is 109 Å². The van der Waals surface area contributed by atoms with Gasteiger partial charge in [-0.25, -0.2) is 24.4 Å². The van der Waals surface area contributed by atoms with Crippen LogP contribution in [0.2, 0.25) is 0 Å². The third kappa shape index (κ3) is 31.4. The van der Waals surface area contributed by atoms with Crippen LogP contribution >= 0.6 is 21.6 Å². The molecule has 2 aliphatic rings. The second kappa shape index (κ2) is 48.6. The number of carbonyl (C=O) groups is 14. The quantitative estimate of drug-likeness (QED) is 0.00663. The number of anilines is 3. The summed E-state index contributed by atoms with van der Waals surface area (Å²) in [5.74, 6) is -16.8. The molecule has 0 bridgehead atoms. The van der Waals surface area contributed by atoms with Gasteiger partial charge in [-0.15, -0.1) is 0 Å². The number of nitrogens with one attached hydrogen (secondary N) is 12. The van der Waals surface area contributed by atoms with Crippen molar-refractivity contribution in [1.82, 2.24) is 67.4 Å². The van der Waals surface area contributed by atoms with Crippen molar-refractivity contribution in [2.75, 3.05) is 82.9 Å². The maximum Gasteiger partial charge on any atom is 0.411 e. The highest BCUT2D eigenvalue weighted by Crippen LogP contribution is 2.41. The number of carboxylic acid groups (broad SMARTS) is 5. The number of aromatic nitrogens is 4. The molecule has 1 fully saturated rings. The largest absolute Gasteiger partial charge is 0.493 e. The van der Waals surface area contributed by atoms with Crippen LogP contribution in [0.5, 0.6) is 23.0 Å². The lowest BCUT2D eigenvalue weighted by Gasteiger charge is -2.32. The summed E-state index contributed by atoms with van der Waals surface area (Å²) in [5, 5.41) is 85.2. The Morgan fingerprint density at radius 3 is 1.94 bits per heavy atom. The molecule has 46 nitrogen and oxygen atoms in total. The lowest BCUT2D eigenvalue weighted by Crippen LogP contribution is -2.60. The molecule has 3 aromatic carbocycles. The molecule has 9 amide bonds. The molecule has 0 unspecified atom stereocenters. The van der Waals surface area contributed by atoms with E-state index >= 15 is 0 Å². The summed E-state index contributed by atoms with van der Waals surface area (Å²) in [6.07, 6.45) is 1.03. The number of H-pyrrole nitrogens is 1. The molecule has 2 aromatic heterocycles. The lowest BCUT2D eigenvalue weighted by molar-refractivity contribution is -0.145. The number of carbonyl (C=O) groups excluding carboxylic acids is 9. The summed E-state index contributed by atoms with van der Waals surface area (Å²) in [6.45, 7) is 11.2. The minimum Gasteiger partial charge on any atom is -0.493 e. The molecule has 0 spiro atoms. The van der Waals surface area contributed by atoms with Crippen LogP contribution in [0.4, 0.5) is 27.8 Å². The van der Waals surface area contributed by atoms with E-state index in [9.17, 15) is 97.5 Å².